The van der Waals surface area contributed by atoms with Crippen LogP contribution in [-0.4, -0.2) is 38.5 Å². The Balaban J connectivity index is 1.64. The molecule has 0 atom stereocenters. The number of aryl methyl sites for hydroxylation is 1. The van der Waals surface area contributed by atoms with Gasteiger partial charge < -0.3 is 10.1 Å². The second-order valence-corrected chi connectivity index (χ2v) is 6.16. The van der Waals surface area contributed by atoms with Crippen molar-refractivity contribution in [2.75, 3.05) is 11.9 Å². The van der Waals surface area contributed by atoms with E-state index in [0.717, 1.165) is 0 Å². The number of ether oxygens (including phenoxy) is 1. The first-order chi connectivity index (χ1) is 12.9. The standard InChI is InChI=1S/C17H13Cl2N5O3/c1-10-15(23-24(22-10)12-5-2-4-11(18)8-12)17(26)27-9-14(25)21-13-6-3-7-20-16(13)19/h2-8H,9H2,1H3,(H,21,25). The number of hydrogen-bond donors (Lipinski definition) is 1. The van der Waals surface area contributed by atoms with Gasteiger partial charge in [-0.3, -0.25) is 4.79 Å². The zero-order valence-electron chi connectivity index (χ0n) is 14.0. The van der Waals surface area contributed by atoms with E-state index in [1.807, 2.05) is 0 Å². The summed E-state index contributed by atoms with van der Waals surface area (Å²) in [6.07, 6.45) is 1.49. The number of esters is 1. The third-order valence-electron chi connectivity index (χ3n) is 3.38. The van der Waals surface area contributed by atoms with Crippen LogP contribution in [0.4, 0.5) is 5.69 Å². The van der Waals surface area contributed by atoms with Crippen molar-refractivity contribution in [3.05, 3.63) is 64.2 Å². The molecule has 0 unspecified atom stereocenters. The van der Waals surface area contributed by atoms with Gasteiger partial charge in [0, 0.05) is 11.2 Å². The van der Waals surface area contributed by atoms with Crippen LogP contribution in [0.2, 0.25) is 10.2 Å². The number of carbonyl (C=O) groups is 2. The highest BCUT2D eigenvalue weighted by molar-refractivity contribution is 6.32. The van der Waals surface area contributed by atoms with Crippen LogP contribution in [0.15, 0.2) is 42.6 Å². The van der Waals surface area contributed by atoms with Gasteiger partial charge in [0.1, 0.15) is 0 Å². The summed E-state index contributed by atoms with van der Waals surface area (Å²) in [6, 6.07) is 10.0. The van der Waals surface area contributed by atoms with Crippen LogP contribution < -0.4 is 5.32 Å². The molecule has 0 aliphatic heterocycles. The first-order valence-corrected chi connectivity index (χ1v) is 8.47. The summed E-state index contributed by atoms with van der Waals surface area (Å²) in [5.74, 6) is -1.33. The molecule has 0 saturated carbocycles. The summed E-state index contributed by atoms with van der Waals surface area (Å²) in [5, 5.41) is 11.4. The summed E-state index contributed by atoms with van der Waals surface area (Å²) in [6.45, 7) is 1.10. The van der Waals surface area contributed by atoms with Gasteiger partial charge in [-0.1, -0.05) is 29.3 Å². The largest absolute Gasteiger partial charge is 0.451 e. The maximum absolute atomic E-state index is 12.2. The number of hydrogen-bond acceptors (Lipinski definition) is 6. The van der Waals surface area contributed by atoms with Crippen LogP contribution in [0, 0.1) is 6.92 Å². The van der Waals surface area contributed by atoms with Crippen molar-refractivity contribution in [2.45, 2.75) is 6.92 Å². The molecule has 0 spiro atoms. The van der Waals surface area contributed by atoms with Crippen molar-refractivity contribution in [2.24, 2.45) is 0 Å². The minimum atomic E-state index is -0.770. The molecule has 2 heterocycles. The zero-order valence-corrected chi connectivity index (χ0v) is 15.5. The molecule has 8 nitrogen and oxygen atoms in total. The Kier molecular flexibility index (Phi) is 5.68. The van der Waals surface area contributed by atoms with E-state index in [9.17, 15) is 9.59 Å². The Morgan fingerprint density at radius 3 is 2.74 bits per heavy atom. The molecule has 138 valence electrons. The van der Waals surface area contributed by atoms with E-state index in [0.29, 0.717) is 22.1 Å². The molecule has 3 aromatic rings. The lowest BCUT2D eigenvalue weighted by Crippen LogP contribution is -2.21. The summed E-state index contributed by atoms with van der Waals surface area (Å²) in [4.78, 5) is 29.2. The average molecular weight is 406 g/mol. The number of nitrogens with one attached hydrogen (secondary N) is 1. The highest BCUT2D eigenvalue weighted by atomic mass is 35.5. The maximum Gasteiger partial charge on any atom is 0.361 e. The van der Waals surface area contributed by atoms with Crippen molar-refractivity contribution in [3.63, 3.8) is 0 Å². The fourth-order valence-corrected chi connectivity index (χ4v) is 2.50. The van der Waals surface area contributed by atoms with Gasteiger partial charge in [-0.2, -0.15) is 9.90 Å². The summed E-state index contributed by atoms with van der Waals surface area (Å²) in [5.41, 5.74) is 1.27. The van der Waals surface area contributed by atoms with Gasteiger partial charge in [-0.05, 0) is 37.3 Å². The number of pyridine rings is 1. The summed E-state index contributed by atoms with van der Waals surface area (Å²) < 4.78 is 5.00. The number of rotatable bonds is 5. The lowest BCUT2D eigenvalue weighted by atomic mass is 10.3. The van der Waals surface area contributed by atoms with Gasteiger partial charge >= 0.3 is 5.97 Å². The van der Waals surface area contributed by atoms with E-state index in [4.69, 9.17) is 27.9 Å². The Labute approximate surface area is 164 Å². The van der Waals surface area contributed by atoms with Crippen molar-refractivity contribution in [1.29, 1.82) is 0 Å². The molecule has 0 saturated heterocycles. The molecule has 1 N–H and O–H groups in total. The highest BCUT2D eigenvalue weighted by Gasteiger charge is 2.19. The number of carbonyl (C=O) groups excluding carboxylic acids is 2. The third-order valence-corrected chi connectivity index (χ3v) is 3.92. The number of anilines is 1. The Morgan fingerprint density at radius 1 is 1.19 bits per heavy atom. The van der Waals surface area contributed by atoms with Crippen molar-refractivity contribution >= 4 is 40.8 Å². The van der Waals surface area contributed by atoms with Crippen LogP contribution in [0.5, 0.6) is 0 Å². The smallest absolute Gasteiger partial charge is 0.361 e. The van der Waals surface area contributed by atoms with Gasteiger partial charge in [-0.15, -0.1) is 5.10 Å². The molecule has 0 bridgehead atoms. The number of amides is 1. The van der Waals surface area contributed by atoms with Crippen molar-refractivity contribution in [3.8, 4) is 5.69 Å². The predicted octanol–water partition coefficient (Wildman–Crippen LogP) is 3.07. The fraction of sp³-hybridized carbons (Fsp3) is 0.118. The van der Waals surface area contributed by atoms with Crippen LogP contribution in [-0.2, 0) is 9.53 Å². The van der Waals surface area contributed by atoms with Gasteiger partial charge in [0.2, 0.25) is 0 Å². The quantitative estimate of drug-likeness (QED) is 0.517. The molecule has 27 heavy (non-hydrogen) atoms. The minimum absolute atomic E-state index is 0.00202. The van der Waals surface area contributed by atoms with E-state index < -0.39 is 18.5 Å². The SMILES string of the molecule is Cc1nn(-c2cccc(Cl)c2)nc1C(=O)OCC(=O)Nc1cccnc1Cl. The van der Waals surface area contributed by atoms with E-state index in [1.54, 1.807) is 43.3 Å². The fourth-order valence-electron chi connectivity index (χ4n) is 2.15. The summed E-state index contributed by atoms with van der Waals surface area (Å²) in [7, 11) is 0. The molecular formula is C17H13Cl2N5O3. The molecule has 3 rings (SSSR count). The lowest BCUT2D eigenvalue weighted by molar-refractivity contribution is -0.119. The summed E-state index contributed by atoms with van der Waals surface area (Å²) >= 11 is 11.8. The van der Waals surface area contributed by atoms with E-state index >= 15 is 0 Å². The van der Waals surface area contributed by atoms with Gasteiger partial charge in [0.05, 0.1) is 17.1 Å². The van der Waals surface area contributed by atoms with Gasteiger partial charge in [0.25, 0.3) is 5.91 Å². The molecule has 2 aromatic heterocycles. The van der Waals surface area contributed by atoms with Crippen LogP contribution in [0.3, 0.4) is 0 Å². The lowest BCUT2D eigenvalue weighted by Gasteiger charge is -2.06. The topological polar surface area (TPSA) is 99.0 Å². The van der Waals surface area contributed by atoms with Gasteiger partial charge in [0.15, 0.2) is 17.5 Å². The Hall–Kier alpha value is -2.97. The monoisotopic (exact) mass is 405 g/mol. The molecule has 0 aliphatic rings. The molecule has 10 heteroatoms. The van der Waals surface area contributed by atoms with Crippen molar-refractivity contribution < 1.29 is 14.3 Å². The molecule has 0 fully saturated rings. The third kappa shape index (κ3) is 4.60. The number of nitrogens with zero attached hydrogens (tertiary/aromatic N) is 4. The Morgan fingerprint density at radius 2 is 2.00 bits per heavy atom. The highest BCUT2D eigenvalue weighted by Crippen LogP contribution is 2.17. The predicted molar refractivity (Wildman–Crippen MR) is 99.3 cm³/mol. The van der Waals surface area contributed by atoms with Crippen molar-refractivity contribution in [1.82, 2.24) is 20.0 Å². The number of benzene rings is 1. The molecule has 1 amide bonds. The second kappa shape index (κ2) is 8.15. The first kappa shape index (κ1) is 18.8. The van der Waals surface area contributed by atoms with E-state index in [1.165, 1.54) is 11.0 Å². The number of halogens is 2. The normalized spacial score (nSPS) is 10.5. The maximum atomic E-state index is 12.2. The van der Waals surface area contributed by atoms with Crippen LogP contribution in [0.1, 0.15) is 16.2 Å². The molecule has 0 radical (unpaired) electrons. The molecular weight excluding hydrogens is 393 g/mol. The molecule has 1 aromatic carbocycles. The number of aromatic nitrogens is 4. The first-order valence-electron chi connectivity index (χ1n) is 7.71. The van der Waals surface area contributed by atoms with Gasteiger partial charge in [-0.25, -0.2) is 9.78 Å². The average Bonchev–Trinajstić information content (AvgIpc) is 3.03. The Bertz CT molecular complexity index is 1010. The zero-order chi connectivity index (χ0) is 19.4. The van der Waals surface area contributed by atoms with Crippen LogP contribution in [0.25, 0.3) is 5.69 Å². The van der Waals surface area contributed by atoms with E-state index in [2.05, 4.69) is 20.5 Å². The van der Waals surface area contributed by atoms with Crippen LogP contribution >= 0.6 is 23.2 Å². The van der Waals surface area contributed by atoms with E-state index in [-0.39, 0.29) is 10.8 Å². The molecule has 0 aliphatic carbocycles. The minimum Gasteiger partial charge on any atom is -0.451 e. The second-order valence-electron chi connectivity index (χ2n) is 5.37.